The van der Waals surface area contributed by atoms with Crippen molar-refractivity contribution in [3.05, 3.63) is 29.0 Å². The lowest BCUT2D eigenvalue weighted by atomic mass is 10.0. The van der Waals surface area contributed by atoms with E-state index in [0.29, 0.717) is 0 Å². The van der Waals surface area contributed by atoms with Gasteiger partial charge in [-0.15, -0.1) is 0 Å². The molecule has 1 heterocycles. The van der Waals surface area contributed by atoms with E-state index >= 15 is 0 Å². The summed E-state index contributed by atoms with van der Waals surface area (Å²) in [5, 5.41) is 17.3. The number of carbonyl (C=O) groups is 2. The van der Waals surface area contributed by atoms with Gasteiger partial charge in [-0.1, -0.05) is 13.8 Å². The first kappa shape index (κ1) is 14.8. The number of esters is 1. The Labute approximate surface area is 120 Å². The van der Waals surface area contributed by atoms with Crippen LogP contribution in [0, 0.1) is 11.1 Å². The third kappa shape index (κ3) is 2.93. The first-order valence-electron chi connectivity index (χ1n) is 6.32. The lowest BCUT2D eigenvalue weighted by molar-refractivity contribution is -0.782. The lowest BCUT2D eigenvalue weighted by Crippen LogP contribution is -2.45. The van der Waals surface area contributed by atoms with E-state index in [9.17, 15) is 14.8 Å². The summed E-state index contributed by atoms with van der Waals surface area (Å²) in [7, 11) is 1.26. The van der Waals surface area contributed by atoms with Gasteiger partial charge < -0.3 is 15.3 Å². The first-order valence-corrected chi connectivity index (χ1v) is 6.32. The van der Waals surface area contributed by atoms with Crippen LogP contribution >= 0.6 is 0 Å². The van der Waals surface area contributed by atoms with Gasteiger partial charge in [-0.2, -0.15) is 0 Å². The van der Waals surface area contributed by atoms with Gasteiger partial charge in [0.05, 0.1) is 7.11 Å². The highest BCUT2D eigenvalue weighted by atomic mass is 16.8. The van der Waals surface area contributed by atoms with E-state index < -0.39 is 17.9 Å². The van der Waals surface area contributed by atoms with E-state index in [0.717, 1.165) is 0 Å². The zero-order valence-electron chi connectivity index (χ0n) is 11.8. The molecule has 0 saturated carbocycles. The largest absolute Gasteiger partial charge is 0.467 e. The molecule has 0 bridgehead atoms. The molecule has 0 spiro atoms. The molecule has 0 aliphatic rings. The molecule has 1 aromatic heterocycles. The molecule has 2 aromatic rings. The van der Waals surface area contributed by atoms with Crippen LogP contribution in [0.15, 0.2) is 22.8 Å². The van der Waals surface area contributed by atoms with Crippen LogP contribution in [0.1, 0.15) is 24.2 Å². The third-order valence-electron chi connectivity index (χ3n) is 3.06. The SMILES string of the molecule is COC(=O)[C@@H](NC(=O)c1ccc2c(c1)no[n+]2[O-])C(C)C. The summed E-state index contributed by atoms with van der Waals surface area (Å²) >= 11 is 0. The number of carbonyl (C=O) groups excluding carboxylic acids is 2. The van der Waals surface area contributed by atoms with Gasteiger partial charge in [0.1, 0.15) is 6.04 Å². The Morgan fingerprint density at radius 1 is 1.43 bits per heavy atom. The number of fused-ring (bicyclic) bond motifs is 1. The Hall–Kier alpha value is -2.64. The molecular weight excluding hydrogens is 278 g/mol. The average molecular weight is 293 g/mol. The summed E-state index contributed by atoms with van der Waals surface area (Å²) in [6.07, 6.45) is 0. The van der Waals surface area contributed by atoms with E-state index in [1.165, 1.54) is 25.3 Å². The predicted molar refractivity (Wildman–Crippen MR) is 71.1 cm³/mol. The molecule has 1 amide bonds. The lowest BCUT2D eigenvalue weighted by Gasteiger charge is -2.19. The molecule has 0 aliphatic carbocycles. The van der Waals surface area contributed by atoms with Gasteiger partial charge >= 0.3 is 5.97 Å². The Morgan fingerprint density at radius 3 is 2.76 bits per heavy atom. The van der Waals surface area contributed by atoms with Gasteiger partial charge in [0, 0.05) is 16.8 Å². The van der Waals surface area contributed by atoms with E-state index in [1.54, 1.807) is 13.8 Å². The molecule has 1 N–H and O–H groups in total. The Balaban J connectivity index is 2.23. The molecule has 21 heavy (non-hydrogen) atoms. The van der Waals surface area contributed by atoms with Crippen molar-refractivity contribution < 1.29 is 23.9 Å². The number of methoxy groups -OCH3 is 1. The number of aromatic nitrogens is 2. The number of nitrogens with zero attached hydrogens (tertiary/aromatic N) is 2. The van der Waals surface area contributed by atoms with Gasteiger partial charge in [-0.3, -0.25) is 9.42 Å². The maximum atomic E-state index is 12.2. The highest BCUT2D eigenvalue weighted by molar-refractivity contribution is 5.98. The molecule has 0 saturated heterocycles. The number of nitrogens with one attached hydrogen (secondary N) is 1. The molecule has 8 heteroatoms. The number of hydrogen-bond donors (Lipinski definition) is 1. The first-order chi connectivity index (χ1) is 9.93. The maximum absolute atomic E-state index is 12.2. The molecule has 0 radical (unpaired) electrons. The topological polar surface area (TPSA) is 108 Å². The minimum atomic E-state index is -0.750. The molecule has 112 valence electrons. The van der Waals surface area contributed by atoms with Crippen LogP contribution in [0.25, 0.3) is 11.0 Å². The zero-order valence-corrected chi connectivity index (χ0v) is 11.8. The van der Waals surface area contributed by atoms with E-state index in [-0.39, 0.29) is 27.4 Å². The summed E-state index contributed by atoms with van der Waals surface area (Å²) < 4.78 is 9.09. The van der Waals surface area contributed by atoms with E-state index in [2.05, 4.69) is 19.8 Å². The second-order valence-corrected chi connectivity index (χ2v) is 4.85. The number of hydrogen-bond acceptors (Lipinski definition) is 6. The normalized spacial score (nSPS) is 12.4. The van der Waals surface area contributed by atoms with Gasteiger partial charge in [-0.25, -0.2) is 4.79 Å². The summed E-state index contributed by atoms with van der Waals surface area (Å²) in [4.78, 5) is 24.0. The van der Waals surface area contributed by atoms with Crippen molar-refractivity contribution in [3.63, 3.8) is 0 Å². The standard InChI is InChI=1S/C13H15N3O5/c1-7(2)11(13(18)20-3)14-12(17)8-4-5-10-9(6-8)15-21-16(10)19/h4-7,11H,1-3H3,(H,14,17)/t11-/m0/s1. The summed E-state index contributed by atoms with van der Waals surface area (Å²) in [6, 6.07) is 3.55. The summed E-state index contributed by atoms with van der Waals surface area (Å²) in [5.74, 6) is -1.10. The van der Waals surface area contributed by atoms with Crippen molar-refractivity contribution in [2.24, 2.45) is 5.92 Å². The van der Waals surface area contributed by atoms with Crippen LogP contribution in [0.3, 0.4) is 0 Å². The van der Waals surface area contributed by atoms with Crippen LogP contribution < -0.4 is 10.2 Å². The molecule has 1 atom stereocenters. The second kappa shape index (κ2) is 5.78. The van der Waals surface area contributed by atoms with Gasteiger partial charge in [0.25, 0.3) is 5.91 Å². The van der Waals surface area contributed by atoms with Crippen LogP contribution in [0.2, 0.25) is 0 Å². The molecule has 0 unspecified atom stereocenters. The van der Waals surface area contributed by atoms with Crippen LogP contribution in [-0.4, -0.2) is 30.2 Å². The van der Waals surface area contributed by atoms with Crippen LogP contribution in [0.5, 0.6) is 0 Å². The maximum Gasteiger partial charge on any atom is 0.328 e. The van der Waals surface area contributed by atoms with E-state index in [4.69, 9.17) is 0 Å². The van der Waals surface area contributed by atoms with E-state index in [1.807, 2.05) is 0 Å². The predicted octanol–water partition coefficient (Wildman–Crippen LogP) is 0.389. The fraction of sp³-hybridized carbons (Fsp3) is 0.385. The molecule has 0 aliphatic heterocycles. The third-order valence-corrected chi connectivity index (χ3v) is 3.06. The smallest absolute Gasteiger partial charge is 0.328 e. The van der Waals surface area contributed by atoms with Crippen molar-refractivity contribution in [1.29, 1.82) is 0 Å². The highest BCUT2D eigenvalue weighted by Crippen LogP contribution is 2.12. The fourth-order valence-electron chi connectivity index (χ4n) is 1.87. The van der Waals surface area contributed by atoms with Crippen molar-refractivity contribution >= 4 is 22.9 Å². The molecular formula is C13H15N3O5. The Morgan fingerprint density at radius 2 is 2.14 bits per heavy atom. The monoisotopic (exact) mass is 293 g/mol. The van der Waals surface area contributed by atoms with Gasteiger partial charge in [0.15, 0.2) is 0 Å². The van der Waals surface area contributed by atoms with Gasteiger partial charge in [0.2, 0.25) is 11.0 Å². The van der Waals surface area contributed by atoms with Crippen molar-refractivity contribution in [2.45, 2.75) is 19.9 Å². The summed E-state index contributed by atoms with van der Waals surface area (Å²) in [6.45, 7) is 3.59. The molecule has 0 fully saturated rings. The Kier molecular flexibility index (Phi) is 4.06. The summed E-state index contributed by atoms with van der Waals surface area (Å²) in [5.41, 5.74) is 0.752. The van der Waals surface area contributed by atoms with Gasteiger partial charge in [-0.05, 0) is 23.0 Å². The minimum absolute atomic E-state index is 0.124. The number of ether oxygens (including phenoxy) is 1. The van der Waals surface area contributed by atoms with Crippen molar-refractivity contribution in [1.82, 2.24) is 10.5 Å². The molecule has 2 rings (SSSR count). The van der Waals surface area contributed by atoms with Crippen LogP contribution in [0.4, 0.5) is 0 Å². The number of benzene rings is 1. The highest BCUT2D eigenvalue weighted by Gasteiger charge is 2.25. The molecule has 1 aromatic carbocycles. The second-order valence-electron chi connectivity index (χ2n) is 4.85. The van der Waals surface area contributed by atoms with Crippen LogP contribution in [-0.2, 0) is 9.53 Å². The number of amides is 1. The fourth-order valence-corrected chi connectivity index (χ4v) is 1.87. The minimum Gasteiger partial charge on any atom is -0.467 e. The zero-order chi connectivity index (χ0) is 15.6. The van der Waals surface area contributed by atoms with Crippen molar-refractivity contribution in [2.75, 3.05) is 7.11 Å². The number of rotatable bonds is 4. The average Bonchev–Trinajstić information content (AvgIpc) is 2.84. The quantitative estimate of drug-likeness (QED) is 0.645. The Bertz CT molecular complexity index is 679. The van der Waals surface area contributed by atoms with Crippen molar-refractivity contribution in [3.8, 4) is 0 Å². The molecule has 8 nitrogen and oxygen atoms in total.